The van der Waals surface area contributed by atoms with Crippen LogP contribution in [0.25, 0.3) is 0 Å². The largest absolute Gasteiger partial charge is 0.394 e. The summed E-state index contributed by atoms with van der Waals surface area (Å²) in [6.07, 6.45) is 1.64. The second-order valence-electron chi connectivity index (χ2n) is 3.54. The number of aliphatic hydroxyl groups is 1. The fourth-order valence-corrected chi connectivity index (χ4v) is 1.30. The highest BCUT2D eigenvalue weighted by atomic mass is 35.5. The lowest BCUT2D eigenvalue weighted by molar-refractivity contribution is 0.249. The number of hydrogen-bond donors (Lipinski definition) is 2. The Balaban J connectivity index is 2.67. The molecule has 14 heavy (non-hydrogen) atoms. The van der Waals surface area contributed by atoms with Gasteiger partial charge in [0.1, 0.15) is 5.15 Å². The van der Waals surface area contributed by atoms with Crippen LogP contribution in [0.4, 0.5) is 5.69 Å². The Morgan fingerprint density at radius 3 is 2.79 bits per heavy atom. The standard InChI is InChI=1S/C10H15ClN2O/c1-7(2)9(6-14)13-8-3-4-12-10(11)5-8/h3-5,7,9,14H,6H2,1-2H3,(H,12,13). The summed E-state index contributed by atoms with van der Waals surface area (Å²) in [5, 5.41) is 12.8. The number of hydrogen-bond acceptors (Lipinski definition) is 3. The predicted molar refractivity (Wildman–Crippen MR) is 58.6 cm³/mol. The van der Waals surface area contributed by atoms with Gasteiger partial charge in [0, 0.05) is 11.9 Å². The van der Waals surface area contributed by atoms with Crippen LogP contribution in [0.15, 0.2) is 18.3 Å². The summed E-state index contributed by atoms with van der Waals surface area (Å²) in [7, 11) is 0. The molecule has 2 N–H and O–H groups in total. The number of nitrogens with one attached hydrogen (secondary N) is 1. The molecule has 0 fully saturated rings. The van der Waals surface area contributed by atoms with E-state index >= 15 is 0 Å². The summed E-state index contributed by atoms with van der Waals surface area (Å²) in [6.45, 7) is 4.21. The highest BCUT2D eigenvalue weighted by molar-refractivity contribution is 6.29. The molecule has 1 atom stereocenters. The molecule has 0 bridgehead atoms. The molecule has 0 radical (unpaired) electrons. The highest BCUT2D eigenvalue weighted by Gasteiger charge is 2.11. The van der Waals surface area contributed by atoms with Gasteiger partial charge in [-0.1, -0.05) is 25.4 Å². The zero-order valence-corrected chi connectivity index (χ0v) is 9.12. The van der Waals surface area contributed by atoms with Crippen LogP contribution >= 0.6 is 11.6 Å². The fourth-order valence-electron chi connectivity index (χ4n) is 1.13. The first-order valence-electron chi connectivity index (χ1n) is 4.62. The van der Waals surface area contributed by atoms with Gasteiger partial charge in [0.25, 0.3) is 0 Å². The summed E-state index contributed by atoms with van der Waals surface area (Å²) in [6, 6.07) is 3.62. The molecule has 3 nitrogen and oxygen atoms in total. The van der Waals surface area contributed by atoms with E-state index in [1.54, 1.807) is 12.3 Å². The van der Waals surface area contributed by atoms with Crippen LogP contribution in [0.3, 0.4) is 0 Å². The van der Waals surface area contributed by atoms with E-state index < -0.39 is 0 Å². The predicted octanol–water partition coefficient (Wildman–Crippen LogP) is 2.16. The Labute approximate surface area is 89.1 Å². The Morgan fingerprint density at radius 2 is 2.29 bits per heavy atom. The molecule has 1 aromatic heterocycles. The van der Waals surface area contributed by atoms with Crippen molar-refractivity contribution in [3.05, 3.63) is 23.5 Å². The lowest BCUT2D eigenvalue weighted by Gasteiger charge is -2.20. The third-order valence-corrected chi connectivity index (χ3v) is 2.29. The number of pyridine rings is 1. The third-order valence-electron chi connectivity index (χ3n) is 2.08. The van der Waals surface area contributed by atoms with E-state index in [-0.39, 0.29) is 12.6 Å². The summed E-state index contributed by atoms with van der Waals surface area (Å²) in [5.74, 6) is 0.368. The van der Waals surface area contributed by atoms with Gasteiger partial charge in [-0.3, -0.25) is 0 Å². The van der Waals surface area contributed by atoms with Gasteiger partial charge in [-0.2, -0.15) is 0 Å². The summed E-state index contributed by atoms with van der Waals surface area (Å²) >= 11 is 5.74. The first-order valence-corrected chi connectivity index (χ1v) is 5.00. The maximum Gasteiger partial charge on any atom is 0.131 e. The fraction of sp³-hybridized carbons (Fsp3) is 0.500. The van der Waals surface area contributed by atoms with E-state index in [4.69, 9.17) is 16.7 Å². The lowest BCUT2D eigenvalue weighted by atomic mass is 10.1. The Morgan fingerprint density at radius 1 is 1.57 bits per heavy atom. The summed E-state index contributed by atoms with van der Waals surface area (Å²) in [4.78, 5) is 3.88. The van der Waals surface area contributed by atoms with E-state index in [2.05, 4.69) is 24.1 Å². The number of halogens is 1. The average molecular weight is 215 g/mol. The maximum absolute atomic E-state index is 9.12. The van der Waals surface area contributed by atoms with Crippen LogP contribution in [-0.4, -0.2) is 22.7 Å². The van der Waals surface area contributed by atoms with Crippen molar-refractivity contribution in [1.29, 1.82) is 0 Å². The van der Waals surface area contributed by atoms with Gasteiger partial charge in [0.2, 0.25) is 0 Å². The van der Waals surface area contributed by atoms with Gasteiger partial charge >= 0.3 is 0 Å². The SMILES string of the molecule is CC(C)C(CO)Nc1ccnc(Cl)c1. The van der Waals surface area contributed by atoms with Crippen molar-refractivity contribution in [2.24, 2.45) is 5.92 Å². The molecule has 0 saturated carbocycles. The molecule has 0 spiro atoms. The second kappa shape index (κ2) is 5.17. The smallest absolute Gasteiger partial charge is 0.131 e. The Kier molecular flexibility index (Phi) is 4.17. The minimum absolute atomic E-state index is 0.0495. The number of aromatic nitrogens is 1. The Bertz CT molecular complexity index is 291. The van der Waals surface area contributed by atoms with E-state index in [1.807, 2.05) is 6.07 Å². The number of anilines is 1. The molecule has 0 aliphatic rings. The first-order chi connectivity index (χ1) is 6.63. The number of nitrogens with zero attached hydrogens (tertiary/aromatic N) is 1. The summed E-state index contributed by atoms with van der Waals surface area (Å²) < 4.78 is 0. The quantitative estimate of drug-likeness (QED) is 0.756. The van der Waals surface area contributed by atoms with Crippen LogP contribution in [0.1, 0.15) is 13.8 Å². The van der Waals surface area contributed by atoms with E-state index in [0.29, 0.717) is 11.1 Å². The molecule has 0 saturated heterocycles. The molecule has 4 heteroatoms. The van der Waals surface area contributed by atoms with Gasteiger partial charge < -0.3 is 10.4 Å². The molecular formula is C10H15ClN2O. The topological polar surface area (TPSA) is 45.1 Å². The highest BCUT2D eigenvalue weighted by Crippen LogP contribution is 2.15. The van der Waals surface area contributed by atoms with Gasteiger partial charge in [-0.05, 0) is 18.1 Å². The minimum Gasteiger partial charge on any atom is -0.394 e. The van der Waals surface area contributed by atoms with Crippen molar-refractivity contribution >= 4 is 17.3 Å². The first kappa shape index (κ1) is 11.3. The van der Waals surface area contributed by atoms with Crippen LogP contribution in [0.2, 0.25) is 5.15 Å². The molecule has 1 unspecified atom stereocenters. The molecule has 1 heterocycles. The summed E-state index contributed by atoms with van der Waals surface area (Å²) in [5.41, 5.74) is 0.887. The molecule has 0 aliphatic heterocycles. The van der Waals surface area contributed by atoms with Gasteiger partial charge in [0.15, 0.2) is 0 Å². The van der Waals surface area contributed by atoms with Crippen molar-refractivity contribution in [3.63, 3.8) is 0 Å². The zero-order valence-electron chi connectivity index (χ0n) is 8.37. The lowest BCUT2D eigenvalue weighted by Crippen LogP contribution is -2.29. The minimum atomic E-state index is 0.0495. The molecule has 1 aromatic rings. The molecule has 1 rings (SSSR count). The Hall–Kier alpha value is -0.800. The monoisotopic (exact) mass is 214 g/mol. The van der Waals surface area contributed by atoms with Crippen molar-refractivity contribution in [2.45, 2.75) is 19.9 Å². The van der Waals surface area contributed by atoms with Crippen molar-refractivity contribution in [2.75, 3.05) is 11.9 Å². The van der Waals surface area contributed by atoms with Crippen LogP contribution in [0.5, 0.6) is 0 Å². The van der Waals surface area contributed by atoms with Crippen molar-refractivity contribution in [1.82, 2.24) is 4.98 Å². The van der Waals surface area contributed by atoms with Gasteiger partial charge in [-0.15, -0.1) is 0 Å². The van der Waals surface area contributed by atoms with Crippen molar-refractivity contribution in [3.8, 4) is 0 Å². The zero-order chi connectivity index (χ0) is 10.6. The molecule has 0 aromatic carbocycles. The van der Waals surface area contributed by atoms with Crippen LogP contribution in [-0.2, 0) is 0 Å². The van der Waals surface area contributed by atoms with Crippen LogP contribution in [0, 0.1) is 5.92 Å². The molecule has 0 amide bonds. The van der Waals surface area contributed by atoms with Gasteiger partial charge in [-0.25, -0.2) is 4.98 Å². The molecule has 0 aliphatic carbocycles. The van der Waals surface area contributed by atoms with E-state index in [1.165, 1.54) is 0 Å². The second-order valence-corrected chi connectivity index (χ2v) is 3.93. The van der Waals surface area contributed by atoms with E-state index in [0.717, 1.165) is 5.69 Å². The normalized spacial score (nSPS) is 12.9. The van der Waals surface area contributed by atoms with Crippen LogP contribution < -0.4 is 5.32 Å². The molecule has 78 valence electrons. The number of rotatable bonds is 4. The van der Waals surface area contributed by atoms with E-state index in [9.17, 15) is 0 Å². The van der Waals surface area contributed by atoms with Gasteiger partial charge in [0.05, 0.1) is 12.6 Å². The third kappa shape index (κ3) is 3.16. The van der Waals surface area contributed by atoms with Crippen molar-refractivity contribution < 1.29 is 5.11 Å². The maximum atomic E-state index is 9.12. The number of aliphatic hydroxyl groups excluding tert-OH is 1. The average Bonchev–Trinajstić information content (AvgIpc) is 2.14. The molecular weight excluding hydrogens is 200 g/mol.